The largest absolute Gasteiger partial charge is 0.135 e. The number of benzene rings is 5. The third-order valence-electron chi connectivity index (χ3n) is 6.52. The normalized spacial score (nSPS) is 11.5. The van der Waals surface area contributed by atoms with Crippen molar-refractivity contribution in [1.29, 1.82) is 0 Å². The molecule has 7 rings (SSSR count). The van der Waals surface area contributed by atoms with Gasteiger partial charge in [0, 0.05) is 46.3 Å². The molecule has 7 aromatic rings. The molecule has 0 bridgehead atoms. The molecule has 160 valence electrons. The summed E-state index contributed by atoms with van der Waals surface area (Å²) >= 11 is 3.80. The molecule has 2 heterocycles. The molecule has 0 spiro atoms. The van der Waals surface area contributed by atoms with Gasteiger partial charge in [0.2, 0.25) is 0 Å². The predicted octanol–water partition coefficient (Wildman–Crippen LogP) is 10.3. The van der Waals surface area contributed by atoms with Crippen LogP contribution in [0.1, 0.15) is 0 Å². The molecule has 0 radical (unpaired) electrons. The van der Waals surface area contributed by atoms with Crippen LogP contribution in [-0.4, -0.2) is 0 Å². The Kier molecular flexibility index (Phi) is 4.61. The lowest BCUT2D eigenvalue weighted by Gasteiger charge is -2.04. The lowest BCUT2D eigenvalue weighted by molar-refractivity contribution is 1.62. The van der Waals surface area contributed by atoms with Crippen LogP contribution in [0.25, 0.3) is 63.0 Å². The van der Waals surface area contributed by atoms with E-state index in [0.29, 0.717) is 0 Å². The van der Waals surface area contributed by atoms with Gasteiger partial charge in [0.1, 0.15) is 0 Å². The van der Waals surface area contributed by atoms with E-state index in [1.807, 2.05) is 22.7 Å². The molecule has 2 heteroatoms. The van der Waals surface area contributed by atoms with Gasteiger partial charge in [-0.25, -0.2) is 0 Å². The second kappa shape index (κ2) is 7.95. The Labute approximate surface area is 206 Å². The van der Waals surface area contributed by atoms with Crippen molar-refractivity contribution in [3.63, 3.8) is 0 Å². The van der Waals surface area contributed by atoms with Crippen molar-refractivity contribution in [3.05, 3.63) is 121 Å². The highest BCUT2D eigenvalue weighted by Crippen LogP contribution is 2.48. The molecule has 0 N–H and O–H groups in total. The van der Waals surface area contributed by atoms with Crippen LogP contribution in [0.4, 0.5) is 0 Å². The summed E-state index contributed by atoms with van der Waals surface area (Å²) < 4.78 is 2.70. The fourth-order valence-electron chi connectivity index (χ4n) is 4.91. The first-order valence-corrected chi connectivity index (χ1v) is 13.1. The van der Waals surface area contributed by atoms with Crippen molar-refractivity contribution in [2.45, 2.75) is 0 Å². The molecule has 0 aliphatic rings. The highest BCUT2D eigenvalue weighted by molar-refractivity contribution is 7.26. The van der Waals surface area contributed by atoms with Gasteiger partial charge in [0.05, 0.1) is 0 Å². The Balaban J connectivity index is 1.44. The lowest BCUT2D eigenvalue weighted by Crippen LogP contribution is -1.78. The SMILES string of the molecule is c1ccc(-c2ccc(-c3sc(-c4cccc5sc6ccccc6c45)c4ccccc34)cc2)cc1. The van der Waals surface area contributed by atoms with E-state index < -0.39 is 0 Å². The molecule has 2 aromatic heterocycles. The van der Waals surface area contributed by atoms with E-state index in [0.717, 1.165) is 0 Å². The molecule has 0 saturated heterocycles. The van der Waals surface area contributed by atoms with Crippen molar-refractivity contribution >= 4 is 53.6 Å². The Bertz CT molecular complexity index is 1780. The first-order valence-electron chi connectivity index (χ1n) is 11.4. The van der Waals surface area contributed by atoms with Crippen molar-refractivity contribution in [1.82, 2.24) is 0 Å². The van der Waals surface area contributed by atoms with Gasteiger partial charge in [0.25, 0.3) is 0 Å². The van der Waals surface area contributed by atoms with Gasteiger partial charge in [-0.3, -0.25) is 0 Å². The minimum atomic E-state index is 1.25. The molecule has 0 nitrogen and oxygen atoms in total. The smallest absolute Gasteiger partial charge is 0.0434 e. The van der Waals surface area contributed by atoms with Gasteiger partial charge < -0.3 is 0 Å². The molecule has 0 atom stereocenters. The molecule has 0 unspecified atom stereocenters. The summed E-state index contributed by atoms with van der Waals surface area (Å²) in [5.74, 6) is 0. The van der Waals surface area contributed by atoms with E-state index in [-0.39, 0.29) is 0 Å². The highest BCUT2D eigenvalue weighted by Gasteiger charge is 2.18. The second-order valence-electron chi connectivity index (χ2n) is 8.53. The first-order chi connectivity index (χ1) is 16.9. The number of hydrogen-bond acceptors (Lipinski definition) is 2. The molecular formula is C32H20S2. The number of rotatable bonds is 3. The number of fused-ring (bicyclic) bond motifs is 4. The van der Waals surface area contributed by atoms with Crippen molar-refractivity contribution < 1.29 is 0 Å². The van der Waals surface area contributed by atoms with Crippen molar-refractivity contribution in [2.75, 3.05) is 0 Å². The summed E-state index contributed by atoms with van der Waals surface area (Å²) in [6.07, 6.45) is 0. The van der Waals surface area contributed by atoms with Crippen LogP contribution in [0, 0.1) is 0 Å². The quantitative estimate of drug-likeness (QED) is 0.242. The summed E-state index contributed by atoms with van der Waals surface area (Å²) in [5, 5.41) is 5.38. The molecular weight excluding hydrogens is 448 g/mol. The van der Waals surface area contributed by atoms with Gasteiger partial charge in [-0.2, -0.15) is 0 Å². The summed E-state index contributed by atoms with van der Waals surface area (Å²) in [6.45, 7) is 0. The topological polar surface area (TPSA) is 0 Å². The number of hydrogen-bond donors (Lipinski definition) is 0. The molecule has 0 amide bonds. The average Bonchev–Trinajstić information content (AvgIpc) is 3.48. The molecule has 0 aliphatic carbocycles. The molecule has 0 saturated carbocycles. The van der Waals surface area contributed by atoms with E-state index >= 15 is 0 Å². The van der Waals surface area contributed by atoms with Crippen LogP contribution in [0.15, 0.2) is 121 Å². The van der Waals surface area contributed by atoms with Crippen LogP contribution >= 0.6 is 22.7 Å². The van der Waals surface area contributed by atoms with E-state index in [1.54, 1.807) is 0 Å². The Morgan fingerprint density at radius 2 is 0.941 bits per heavy atom. The van der Waals surface area contributed by atoms with Crippen LogP contribution in [0.5, 0.6) is 0 Å². The summed E-state index contributed by atoms with van der Waals surface area (Å²) in [7, 11) is 0. The van der Waals surface area contributed by atoms with Crippen LogP contribution < -0.4 is 0 Å². The third kappa shape index (κ3) is 3.11. The third-order valence-corrected chi connectivity index (χ3v) is 8.96. The van der Waals surface area contributed by atoms with Crippen molar-refractivity contribution in [2.24, 2.45) is 0 Å². The van der Waals surface area contributed by atoms with Gasteiger partial charge >= 0.3 is 0 Å². The Morgan fingerprint density at radius 3 is 1.74 bits per heavy atom. The minimum Gasteiger partial charge on any atom is -0.135 e. The van der Waals surface area contributed by atoms with Gasteiger partial charge in [-0.05, 0) is 28.8 Å². The van der Waals surface area contributed by atoms with E-state index in [4.69, 9.17) is 0 Å². The minimum absolute atomic E-state index is 1.25. The average molecular weight is 469 g/mol. The highest BCUT2D eigenvalue weighted by atomic mass is 32.1. The second-order valence-corrected chi connectivity index (χ2v) is 10.6. The van der Waals surface area contributed by atoms with Crippen LogP contribution in [0.2, 0.25) is 0 Å². The van der Waals surface area contributed by atoms with Gasteiger partial charge in [0.15, 0.2) is 0 Å². The lowest BCUT2D eigenvalue weighted by atomic mass is 10.00. The zero-order valence-electron chi connectivity index (χ0n) is 18.4. The van der Waals surface area contributed by atoms with Gasteiger partial charge in [-0.15, -0.1) is 22.7 Å². The first kappa shape index (κ1) is 19.7. The number of thiophene rings is 2. The summed E-state index contributed by atoms with van der Waals surface area (Å²) in [6, 6.07) is 44.0. The maximum atomic E-state index is 2.29. The van der Waals surface area contributed by atoms with Crippen LogP contribution in [-0.2, 0) is 0 Å². The Morgan fingerprint density at radius 1 is 0.353 bits per heavy atom. The molecule has 0 fully saturated rings. The summed E-state index contributed by atoms with van der Waals surface area (Å²) in [5.41, 5.74) is 5.11. The van der Waals surface area contributed by atoms with E-state index in [2.05, 4.69) is 121 Å². The van der Waals surface area contributed by atoms with E-state index in [9.17, 15) is 0 Å². The summed E-state index contributed by atoms with van der Waals surface area (Å²) in [4.78, 5) is 2.69. The fraction of sp³-hybridized carbons (Fsp3) is 0. The molecule has 5 aromatic carbocycles. The monoisotopic (exact) mass is 468 g/mol. The molecule has 34 heavy (non-hydrogen) atoms. The van der Waals surface area contributed by atoms with E-state index in [1.165, 1.54) is 63.0 Å². The predicted molar refractivity (Wildman–Crippen MR) is 151 cm³/mol. The fourth-order valence-corrected chi connectivity index (χ4v) is 7.36. The standard InChI is InChI=1S/C32H20S2/c1-2-9-21(10-3-1)22-17-19-23(20-18-22)31-24-11-4-5-12-25(24)32(34-31)27-14-8-16-29-30(27)26-13-6-7-15-28(26)33-29/h1-20H. The Hall–Kier alpha value is -3.72. The zero-order valence-corrected chi connectivity index (χ0v) is 20.0. The van der Waals surface area contributed by atoms with Crippen LogP contribution in [0.3, 0.4) is 0 Å². The van der Waals surface area contributed by atoms with Crippen molar-refractivity contribution in [3.8, 4) is 32.0 Å². The maximum Gasteiger partial charge on any atom is 0.0434 e. The maximum absolute atomic E-state index is 2.29. The zero-order chi connectivity index (χ0) is 22.5. The van der Waals surface area contributed by atoms with Gasteiger partial charge in [-0.1, -0.05) is 109 Å². The molecule has 0 aliphatic heterocycles.